The molecule has 0 saturated carbocycles. The van der Waals surface area contributed by atoms with Gasteiger partial charge in [-0.1, -0.05) is 18.2 Å². The van der Waals surface area contributed by atoms with E-state index in [0.717, 1.165) is 0 Å². The fourth-order valence-corrected chi connectivity index (χ4v) is 3.72. The Hall–Kier alpha value is -3.32. The summed E-state index contributed by atoms with van der Waals surface area (Å²) in [4.78, 5) is 12.5. The standard InChI is InChI=1S/C21H19NO5S/c1-22(28(24,25)20-6-4-3-5-7-20)17-10-8-16(9-11-17)21(23)27-19-14-12-18(26-2)13-15-19/h3-15H,1-2H3. The lowest BCUT2D eigenvalue weighted by atomic mass is 10.2. The monoisotopic (exact) mass is 397 g/mol. The van der Waals surface area contributed by atoms with Crippen LogP contribution < -0.4 is 13.8 Å². The Morgan fingerprint density at radius 3 is 1.96 bits per heavy atom. The second kappa shape index (κ2) is 8.14. The zero-order valence-electron chi connectivity index (χ0n) is 15.4. The molecule has 0 aliphatic rings. The number of sulfonamides is 1. The molecule has 6 nitrogen and oxygen atoms in total. The number of carbonyl (C=O) groups is 1. The summed E-state index contributed by atoms with van der Waals surface area (Å²) >= 11 is 0. The first-order valence-electron chi connectivity index (χ1n) is 8.42. The van der Waals surface area contributed by atoms with Crippen LogP contribution in [0.3, 0.4) is 0 Å². The Kier molecular flexibility index (Phi) is 5.65. The molecule has 0 atom stereocenters. The van der Waals surface area contributed by atoms with E-state index in [4.69, 9.17) is 9.47 Å². The molecule has 0 aromatic heterocycles. The highest BCUT2D eigenvalue weighted by Gasteiger charge is 2.21. The fourth-order valence-electron chi connectivity index (χ4n) is 2.51. The van der Waals surface area contributed by atoms with E-state index in [2.05, 4.69) is 0 Å². The van der Waals surface area contributed by atoms with Gasteiger partial charge in [-0.25, -0.2) is 13.2 Å². The van der Waals surface area contributed by atoms with Gasteiger partial charge in [0, 0.05) is 7.05 Å². The lowest BCUT2D eigenvalue weighted by Crippen LogP contribution is -2.26. The maximum absolute atomic E-state index is 12.7. The Bertz CT molecular complexity index is 1050. The van der Waals surface area contributed by atoms with Gasteiger partial charge in [-0.15, -0.1) is 0 Å². The average molecular weight is 397 g/mol. The number of rotatable bonds is 6. The number of ether oxygens (including phenoxy) is 2. The van der Waals surface area contributed by atoms with E-state index in [-0.39, 0.29) is 4.90 Å². The molecule has 0 spiro atoms. The van der Waals surface area contributed by atoms with Crippen LogP contribution in [0.5, 0.6) is 11.5 Å². The molecule has 0 radical (unpaired) electrons. The summed E-state index contributed by atoms with van der Waals surface area (Å²) in [5.74, 6) is 0.510. The van der Waals surface area contributed by atoms with Crippen molar-refractivity contribution in [2.75, 3.05) is 18.5 Å². The Balaban J connectivity index is 1.74. The Morgan fingerprint density at radius 1 is 0.821 bits per heavy atom. The van der Waals surface area contributed by atoms with Crippen molar-refractivity contribution in [1.82, 2.24) is 0 Å². The molecule has 3 rings (SSSR count). The van der Waals surface area contributed by atoms with Crippen LogP contribution in [0.15, 0.2) is 83.8 Å². The van der Waals surface area contributed by atoms with E-state index in [9.17, 15) is 13.2 Å². The van der Waals surface area contributed by atoms with Crippen LogP contribution in [0.1, 0.15) is 10.4 Å². The van der Waals surface area contributed by atoms with Gasteiger partial charge in [0.15, 0.2) is 0 Å². The van der Waals surface area contributed by atoms with E-state index in [1.807, 2.05) is 0 Å². The van der Waals surface area contributed by atoms with E-state index in [0.29, 0.717) is 22.7 Å². The Morgan fingerprint density at radius 2 is 1.39 bits per heavy atom. The second-order valence-electron chi connectivity index (χ2n) is 5.90. The van der Waals surface area contributed by atoms with Crippen LogP contribution in [0.2, 0.25) is 0 Å². The van der Waals surface area contributed by atoms with Crippen LogP contribution in [-0.2, 0) is 10.0 Å². The van der Waals surface area contributed by atoms with Crippen molar-refractivity contribution in [2.45, 2.75) is 4.90 Å². The maximum atomic E-state index is 12.7. The third-order valence-corrected chi connectivity index (χ3v) is 5.94. The quantitative estimate of drug-likeness (QED) is 0.468. The minimum absolute atomic E-state index is 0.195. The number of anilines is 1. The van der Waals surface area contributed by atoms with Crippen LogP contribution in [-0.4, -0.2) is 28.5 Å². The summed E-state index contributed by atoms with van der Waals surface area (Å²) in [7, 11) is -0.657. The molecule has 3 aromatic carbocycles. The van der Waals surface area contributed by atoms with Gasteiger partial charge in [0.2, 0.25) is 0 Å². The van der Waals surface area contributed by atoms with Crippen molar-refractivity contribution in [3.8, 4) is 11.5 Å². The van der Waals surface area contributed by atoms with Gasteiger partial charge in [0.05, 0.1) is 23.3 Å². The molecule has 0 aliphatic carbocycles. The summed E-state index contributed by atoms with van der Waals surface area (Å²) in [5, 5.41) is 0. The van der Waals surface area contributed by atoms with Gasteiger partial charge >= 0.3 is 5.97 Å². The number of hydrogen-bond donors (Lipinski definition) is 0. The third kappa shape index (κ3) is 4.15. The largest absolute Gasteiger partial charge is 0.497 e. The van der Waals surface area contributed by atoms with Crippen molar-refractivity contribution < 1.29 is 22.7 Å². The number of nitrogens with zero attached hydrogens (tertiary/aromatic N) is 1. The van der Waals surface area contributed by atoms with Crippen LogP contribution in [0, 0.1) is 0 Å². The molecular formula is C21H19NO5S. The van der Waals surface area contributed by atoms with Crippen molar-refractivity contribution >= 4 is 21.7 Å². The number of carbonyl (C=O) groups excluding carboxylic acids is 1. The SMILES string of the molecule is COc1ccc(OC(=O)c2ccc(N(C)S(=O)(=O)c3ccccc3)cc2)cc1. The molecule has 0 N–H and O–H groups in total. The molecule has 0 unspecified atom stereocenters. The Labute approximate surface area is 164 Å². The first-order chi connectivity index (χ1) is 13.4. The molecule has 0 bridgehead atoms. The van der Waals surface area contributed by atoms with E-state index in [1.165, 1.54) is 35.6 Å². The summed E-state index contributed by atoms with van der Waals surface area (Å²) in [6, 6.07) is 21.0. The summed E-state index contributed by atoms with van der Waals surface area (Å²) < 4.78 is 36.9. The highest BCUT2D eigenvalue weighted by Crippen LogP contribution is 2.23. The molecule has 0 amide bonds. The van der Waals surface area contributed by atoms with Crippen LogP contribution in [0.25, 0.3) is 0 Å². The molecule has 144 valence electrons. The molecular weight excluding hydrogens is 378 g/mol. The highest BCUT2D eigenvalue weighted by atomic mass is 32.2. The molecule has 0 fully saturated rings. The number of benzene rings is 3. The van der Waals surface area contributed by atoms with E-state index < -0.39 is 16.0 Å². The average Bonchev–Trinajstić information content (AvgIpc) is 2.74. The molecule has 0 aliphatic heterocycles. The minimum Gasteiger partial charge on any atom is -0.497 e. The van der Waals surface area contributed by atoms with Crippen LogP contribution in [0.4, 0.5) is 5.69 Å². The van der Waals surface area contributed by atoms with Gasteiger partial charge in [0.1, 0.15) is 11.5 Å². The zero-order valence-corrected chi connectivity index (χ0v) is 16.2. The van der Waals surface area contributed by atoms with Crippen molar-refractivity contribution in [3.05, 3.63) is 84.4 Å². The van der Waals surface area contributed by atoms with Gasteiger partial charge in [0.25, 0.3) is 10.0 Å². The van der Waals surface area contributed by atoms with E-state index >= 15 is 0 Å². The molecule has 0 heterocycles. The summed E-state index contributed by atoms with van der Waals surface area (Å²) in [6.07, 6.45) is 0. The van der Waals surface area contributed by atoms with Crippen molar-refractivity contribution in [3.63, 3.8) is 0 Å². The fraction of sp³-hybridized carbons (Fsp3) is 0.0952. The number of esters is 1. The zero-order chi connectivity index (χ0) is 20.1. The van der Waals surface area contributed by atoms with Crippen LogP contribution >= 0.6 is 0 Å². The topological polar surface area (TPSA) is 72.9 Å². The van der Waals surface area contributed by atoms with Gasteiger partial charge in [-0.3, -0.25) is 4.31 Å². The third-order valence-electron chi connectivity index (χ3n) is 4.14. The smallest absolute Gasteiger partial charge is 0.343 e. The predicted octanol–water partition coefficient (Wildman–Crippen LogP) is 3.74. The summed E-state index contributed by atoms with van der Waals surface area (Å²) in [6.45, 7) is 0. The van der Waals surface area contributed by atoms with Gasteiger partial charge < -0.3 is 9.47 Å². The number of hydrogen-bond acceptors (Lipinski definition) is 5. The normalized spacial score (nSPS) is 10.9. The minimum atomic E-state index is -3.68. The first-order valence-corrected chi connectivity index (χ1v) is 9.86. The first kappa shape index (κ1) is 19.4. The second-order valence-corrected chi connectivity index (χ2v) is 7.87. The molecule has 3 aromatic rings. The van der Waals surface area contributed by atoms with Crippen molar-refractivity contribution in [2.24, 2.45) is 0 Å². The maximum Gasteiger partial charge on any atom is 0.343 e. The lowest BCUT2D eigenvalue weighted by molar-refractivity contribution is 0.0734. The highest BCUT2D eigenvalue weighted by molar-refractivity contribution is 7.92. The summed E-state index contributed by atoms with van der Waals surface area (Å²) in [5.41, 5.74) is 0.745. The van der Waals surface area contributed by atoms with Gasteiger partial charge in [-0.05, 0) is 60.7 Å². The lowest BCUT2D eigenvalue weighted by Gasteiger charge is -2.19. The molecule has 28 heavy (non-hydrogen) atoms. The molecule has 0 saturated heterocycles. The predicted molar refractivity (Wildman–Crippen MR) is 106 cm³/mol. The number of methoxy groups -OCH3 is 1. The van der Waals surface area contributed by atoms with Gasteiger partial charge in [-0.2, -0.15) is 0 Å². The molecule has 7 heteroatoms. The van der Waals surface area contributed by atoms with E-state index in [1.54, 1.807) is 61.7 Å². The van der Waals surface area contributed by atoms with Crippen molar-refractivity contribution in [1.29, 1.82) is 0 Å².